The van der Waals surface area contributed by atoms with Crippen molar-refractivity contribution < 1.29 is 0 Å². The van der Waals surface area contributed by atoms with E-state index in [1.165, 1.54) is 5.56 Å². The smallest absolute Gasteiger partial charge is 0.254 e. The number of H-pyrrole nitrogens is 1. The van der Waals surface area contributed by atoms with Crippen molar-refractivity contribution in [1.29, 1.82) is 0 Å². The molecule has 2 aromatic carbocycles. The minimum Gasteiger partial charge on any atom is -0.306 e. The molecule has 2 atom stereocenters. The molecule has 3 aromatic rings. The fraction of sp³-hybridized carbons (Fsp3) is 0.360. The molecule has 1 aromatic heterocycles. The lowest BCUT2D eigenvalue weighted by atomic mass is 9.80. The number of hydrazine groups is 1. The van der Waals surface area contributed by atoms with Gasteiger partial charge in [0.25, 0.3) is 5.56 Å². The second-order valence-corrected chi connectivity index (χ2v) is 8.81. The van der Waals surface area contributed by atoms with Crippen molar-refractivity contribution >= 4 is 11.6 Å². The van der Waals surface area contributed by atoms with Crippen LogP contribution in [0.5, 0.6) is 0 Å². The molecule has 4 rings (SSSR count). The first-order valence-corrected chi connectivity index (χ1v) is 11.4. The summed E-state index contributed by atoms with van der Waals surface area (Å²) in [6.07, 6.45) is 4.75. The fourth-order valence-corrected chi connectivity index (χ4v) is 4.56. The summed E-state index contributed by atoms with van der Waals surface area (Å²) in [7, 11) is 0. The maximum Gasteiger partial charge on any atom is 0.254 e. The highest BCUT2D eigenvalue weighted by Gasteiger charge is 2.32. The van der Waals surface area contributed by atoms with Crippen LogP contribution < -0.4 is 11.4 Å². The second-order valence-electron chi connectivity index (χ2n) is 8.38. The molecule has 0 bridgehead atoms. The molecule has 3 N–H and O–H groups in total. The predicted molar refractivity (Wildman–Crippen MR) is 126 cm³/mol. The Labute approximate surface area is 188 Å². The second kappa shape index (κ2) is 9.77. The van der Waals surface area contributed by atoms with Gasteiger partial charge in [0, 0.05) is 34.7 Å². The standard InChI is InChI=1S/C25H29ClN4O/c1-2-3-9-19-14-21(30(27)16-17-7-5-4-6-8-17)15-22-23(19)28-24(29-25(22)31)18-10-12-20(26)13-11-18/h4-8,10-13,19,21H,2-3,9,14-16,27H2,1H3,(H,28,29,31)/t19-,21+/m0/s1. The molecule has 0 saturated heterocycles. The van der Waals surface area contributed by atoms with Gasteiger partial charge in [0.2, 0.25) is 0 Å². The van der Waals surface area contributed by atoms with Gasteiger partial charge in [0.1, 0.15) is 5.82 Å². The van der Waals surface area contributed by atoms with E-state index in [0.29, 0.717) is 23.8 Å². The van der Waals surface area contributed by atoms with Crippen LogP contribution in [-0.4, -0.2) is 21.0 Å². The van der Waals surface area contributed by atoms with E-state index in [4.69, 9.17) is 22.4 Å². The lowest BCUT2D eigenvalue weighted by molar-refractivity contribution is 0.160. The molecule has 1 aliphatic carbocycles. The van der Waals surface area contributed by atoms with Crippen LogP contribution in [0.3, 0.4) is 0 Å². The van der Waals surface area contributed by atoms with Crippen LogP contribution in [-0.2, 0) is 13.0 Å². The number of nitrogens with zero attached hydrogens (tertiary/aromatic N) is 2. The molecule has 0 amide bonds. The van der Waals surface area contributed by atoms with Crippen molar-refractivity contribution in [2.45, 2.75) is 57.5 Å². The van der Waals surface area contributed by atoms with Gasteiger partial charge in [0.15, 0.2) is 0 Å². The Hall–Kier alpha value is -2.47. The van der Waals surface area contributed by atoms with E-state index >= 15 is 0 Å². The molecule has 0 aliphatic heterocycles. The SMILES string of the molecule is CCCC[C@H]1C[C@@H](N(N)Cc2ccccc2)Cc2c1nc(-c1ccc(Cl)cc1)[nH]c2=O. The average molecular weight is 437 g/mol. The first-order chi connectivity index (χ1) is 15.0. The van der Waals surface area contributed by atoms with E-state index < -0.39 is 0 Å². The van der Waals surface area contributed by atoms with Crippen molar-refractivity contribution in [1.82, 2.24) is 15.0 Å². The maximum absolute atomic E-state index is 13.1. The van der Waals surface area contributed by atoms with Crippen molar-refractivity contribution in [3.8, 4) is 11.4 Å². The van der Waals surface area contributed by atoms with Gasteiger partial charge >= 0.3 is 0 Å². The number of hydrogen-bond acceptors (Lipinski definition) is 4. The third-order valence-corrected chi connectivity index (χ3v) is 6.38. The van der Waals surface area contributed by atoms with Gasteiger partial charge in [-0.15, -0.1) is 0 Å². The summed E-state index contributed by atoms with van der Waals surface area (Å²) in [5.74, 6) is 7.33. The summed E-state index contributed by atoms with van der Waals surface area (Å²) >= 11 is 6.02. The summed E-state index contributed by atoms with van der Waals surface area (Å²) in [4.78, 5) is 21.0. The van der Waals surface area contributed by atoms with Crippen LogP contribution in [0.25, 0.3) is 11.4 Å². The average Bonchev–Trinajstić information content (AvgIpc) is 2.78. The zero-order valence-electron chi connectivity index (χ0n) is 17.9. The predicted octanol–water partition coefficient (Wildman–Crippen LogP) is 5.05. The number of aromatic amines is 1. The molecule has 6 heteroatoms. The maximum atomic E-state index is 13.1. The Morgan fingerprint density at radius 1 is 1.16 bits per heavy atom. The molecule has 0 spiro atoms. The minimum atomic E-state index is -0.0609. The Morgan fingerprint density at radius 3 is 2.61 bits per heavy atom. The Balaban J connectivity index is 1.65. The number of nitrogens with one attached hydrogen (secondary N) is 1. The number of fused-ring (bicyclic) bond motifs is 1. The monoisotopic (exact) mass is 436 g/mol. The number of benzene rings is 2. The van der Waals surface area contributed by atoms with E-state index in [2.05, 4.69) is 24.0 Å². The lowest BCUT2D eigenvalue weighted by Gasteiger charge is -2.35. The van der Waals surface area contributed by atoms with Crippen molar-refractivity contribution in [2.75, 3.05) is 0 Å². The molecule has 1 aliphatic rings. The van der Waals surface area contributed by atoms with Crippen LogP contribution in [0.15, 0.2) is 59.4 Å². The van der Waals surface area contributed by atoms with Crippen molar-refractivity contribution in [3.05, 3.63) is 86.8 Å². The van der Waals surface area contributed by atoms with E-state index in [9.17, 15) is 4.79 Å². The molecule has 1 heterocycles. The highest BCUT2D eigenvalue weighted by atomic mass is 35.5. The summed E-state index contributed by atoms with van der Waals surface area (Å²) in [5.41, 5.74) is 3.69. The number of aromatic nitrogens is 2. The van der Waals surface area contributed by atoms with Crippen LogP contribution in [0.2, 0.25) is 5.02 Å². The topological polar surface area (TPSA) is 75.0 Å². The third-order valence-electron chi connectivity index (χ3n) is 6.13. The largest absolute Gasteiger partial charge is 0.306 e. The number of unbranched alkanes of at least 4 members (excludes halogenated alkanes) is 1. The van der Waals surface area contributed by atoms with E-state index in [1.807, 2.05) is 47.5 Å². The van der Waals surface area contributed by atoms with Gasteiger partial charge in [-0.25, -0.2) is 9.99 Å². The normalized spacial score (nSPS) is 18.2. The summed E-state index contributed by atoms with van der Waals surface area (Å²) in [6, 6.07) is 17.7. The van der Waals surface area contributed by atoms with Crippen LogP contribution in [0.4, 0.5) is 0 Å². The first kappa shape index (κ1) is 21.8. The van der Waals surface area contributed by atoms with Crippen LogP contribution in [0, 0.1) is 0 Å². The van der Waals surface area contributed by atoms with Gasteiger partial charge in [0.05, 0.1) is 5.69 Å². The Kier molecular flexibility index (Phi) is 6.86. The quantitative estimate of drug-likeness (QED) is 0.401. The van der Waals surface area contributed by atoms with E-state index in [-0.39, 0.29) is 17.5 Å². The Bertz CT molecular complexity index is 1070. The van der Waals surface area contributed by atoms with Crippen molar-refractivity contribution in [3.63, 3.8) is 0 Å². The number of nitrogens with two attached hydrogens (primary N) is 1. The van der Waals surface area contributed by atoms with Gasteiger partial charge in [-0.1, -0.05) is 61.7 Å². The number of halogens is 1. The van der Waals surface area contributed by atoms with E-state index in [0.717, 1.165) is 42.5 Å². The fourth-order valence-electron chi connectivity index (χ4n) is 4.43. The van der Waals surface area contributed by atoms with E-state index in [1.54, 1.807) is 0 Å². The Morgan fingerprint density at radius 2 is 1.90 bits per heavy atom. The summed E-state index contributed by atoms with van der Waals surface area (Å²) in [5, 5.41) is 2.55. The molecule has 0 saturated carbocycles. The lowest BCUT2D eigenvalue weighted by Crippen LogP contribution is -2.46. The zero-order chi connectivity index (χ0) is 21.8. The zero-order valence-corrected chi connectivity index (χ0v) is 18.6. The van der Waals surface area contributed by atoms with Crippen LogP contribution in [0.1, 0.15) is 55.3 Å². The highest BCUT2D eigenvalue weighted by Crippen LogP contribution is 2.35. The molecular formula is C25H29ClN4O. The minimum absolute atomic E-state index is 0.0609. The summed E-state index contributed by atoms with van der Waals surface area (Å²) in [6.45, 7) is 2.85. The first-order valence-electron chi connectivity index (χ1n) is 11.0. The third kappa shape index (κ3) is 5.06. The molecule has 0 fully saturated rings. The molecular weight excluding hydrogens is 408 g/mol. The summed E-state index contributed by atoms with van der Waals surface area (Å²) < 4.78 is 0. The van der Waals surface area contributed by atoms with Crippen molar-refractivity contribution in [2.24, 2.45) is 5.84 Å². The number of rotatable bonds is 7. The number of hydrogen-bond donors (Lipinski definition) is 2. The molecule has 162 valence electrons. The molecule has 0 radical (unpaired) electrons. The van der Waals surface area contributed by atoms with Gasteiger partial charge in [-0.05, 0) is 49.1 Å². The van der Waals surface area contributed by atoms with Crippen LogP contribution >= 0.6 is 11.6 Å². The highest BCUT2D eigenvalue weighted by molar-refractivity contribution is 6.30. The van der Waals surface area contributed by atoms with Gasteiger partial charge in [-0.3, -0.25) is 10.6 Å². The van der Waals surface area contributed by atoms with Gasteiger partial charge in [-0.2, -0.15) is 0 Å². The molecule has 5 nitrogen and oxygen atoms in total. The molecule has 0 unspecified atom stereocenters. The van der Waals surface area contributed by atoms with Gasteiger partial charge < -0.3 is 4.98 Å². The molecule has 31 heavy (non-hydrogen) atoms.